The zero-order valence-corrected chi connectivity index (χ0v) is 14.3. The van der Waals surface area contributed by atoms with Crippen LogP contribution < -0.4 is 14.8 Å². The van der Waals surface area contributed by atoms with Gasteiger partial charge in [0, 0.05) is 16.2 Å². The van der Waals surface area contributed by atoms with E-state index in [2.05, 4.69) is 5.32 Å². The Bertz CT molecular complexity index is 766. The molecular formula is C18H18FNO3S. The van der Waals surface area contributed by atoms with Gasteiger partial charge in [-0.05, 0) is 48.4 Å². The van der Waals surface area contributed by atoms with Crippen LogP contribution in [0.2, 0.25) is 0 Å². The number of hydrogen-bond donors (Lipinski definition) is 1. The first kappa shape index (κ1) is 16.6. The van der Waals surface area contributed by atoms with Gasteiger partial charge in [-0.25, -0.2) is 4.39 Å². The van der Waals surface area contributed by atoms with Gasteiger partial charge in [0.2, 0.25) is 0 Å². The second-order valence-corrected chi connectivity index (χ2v) is 6.55. The molecule has 0 fully saturated rings. The predicted molar refractivity (Wildman–Crippen MR) is 91.5 cm³/mol. The van der Waals surface area contributed by atoms with Gasteiger partial charge in [-0.15, -0.1) is 11.8 Å². The normalized spacial score (nSPS) is 16.2. The molecule has 1 amide bonds. The van der Waals surface area contributed by atoms with Crippen LogP contribution in [0, 0.1) is 5.82 Å². The minimum atomic E-state index is -0.290. The smallest absolute Gasteiger partial charge is 0.251 e. The van der Waals surface area contributed by atoms with Crippen LogP contribution in [0.15, 0.2) is 41.3 Å². The van der Waals surface area contributed by atoms with Crippen LogP contribution in [0.25, 0.3) is 0 Å². The van der Waals surface area contributed by atoms with Gasteiger partial charge < -0.3 is 14.8 Å². The summed E-state index contributed by atoms with van der Waals surface area (Å²) < 4.78 is 24.0. The highest BCUT2D eigenvalue weighted by Crippen LogP contribution is 2.36. The van der Waals surface area contributed by atoms with Crippen LogP contribution in [-0.4, -0.2) is 25.9 Å². The van der Waals surface area contributed by atoms with Gasteiger partial charge >= 0.3 is 0 Å². The number of nitrogens with one attached hydrogen (secondary N) is 1. The zero-order chi connectivity index (χ0) is 17.1. The Hall–Kier alpha value is -2.21. The average molecular weight is 347 g/mol. The summed E-state index contributed by atoms with van der Waals surface area (Å²) in [5, 5.41) is 2.99. The maximum Gasteiger partial charge on any atom is 0.251 e. The maximum absolute atomic E-state index is 13.6. The number of carbonyl (C=O) groups excluding carboxylic acids is 1. The molecule has 1 aliphatic rings. The van der Waals surface area contributed by atoms with Crippen LogP contribution in [0.5, 0.6) is 11.5 Å². The first-order valence-corrected chi connectivity index (χ1v) is 8.56. The van der Waals surface area contributed by atoms with Crippen molar-refractivity contribution in [2.45, 2.75) is 17.4 Å². The summed E-state index contributed by atoms with van der Waals surface area (Å²) >= 11 is 1.68. The molecule has 0 saturated carbocycles. The molecule has 6 heteroatoms. The van der Waals surface area contributed by atoms with Gasteiger partial charge in [-0.1, -0.05) is 0 Å². The summed E-state index contributed by atoms with van der Waals surface area (Å²) in [7, 11) is 3.07. The highest BCUT2D eigenvalue weighted by molar-refractivity contribution is 7.99. The lowest BCUT2D eigenvalue weighted by atomic mass is 10.0. The van der Waals surface area contributed by atoms with Crippen molar-refractivity contribution >= 4 is 17.7 Å². The fourth-order valence-corrected chi connectivity index (χ4v) is 3.84. The standard InChI is InChI=1S/C18H18FNO3S/c1-22-15-5-3-11(9-16(15)23-2)18(21)20-14-7-8-24-17-6-4-12(19)10-13(14)17/h3-6,9-10,14H,7-8H2,1-2H3,(H,20,21)/t14-/m0/s1. The minimum Gasteiger partial charge on any atom is -0.493 e. The number of benzene rings is 2. The number of halogens is 1. The van der Waals surface area contributed by atoms with E-state index < -0.39 is 0 Å². The molecule has 0 bridgehead atoms. The lowest BCUT2D eigenvalue weighted by molar-refractivity contribution is 0.0934. The molecule has 1 atom stereocenters. The molecule has 1 heterocycles. The molecule has 3 rings (SSSR count). The number of carbonyl (C=O) groups is 1. The van der Waals surface area contributed by atoms with Crippen molar-refractivity contribution in [3.05, 3.63) is 53.3 Å². The minimum absolute atomic E-state index is 0.197. The summed E-state index contributed by atoms with van der Waals surface area (Å²) in [4.78, 5) is 13.6. The number of hydrogen-bond acceptors (Lipinski definition) is 4. The van der Waals surface area contributed by atoms with E-state index in [1.165, 1.54) is 19.2 Å². The number of methoxy groups -OCH3 is 2. The van der Waals surface area contributed by atoms with Crippen molar-refractivity contribution < 1.29 is 18.7 Å². The second kappa shape index (κ2) is 7.13. The van der Waals surface area contributed by atoms with Gasteiger partial charge in [-0.3, -0.25) is 4.79 Å². The Morgan fingerprint density at radius 3 is 2.71 bits per heavy atom. The molecule has 0 radical (unpaired) electrons. The fourth-order valence-electron chi connectivity index (χ4n) is 2.73. The largest absolute Gasteiger partial charge is 0.493 e. The molecular weight excluding hydrogens is 329 g/mol. The van der Waals surface area contributed by atoms with Gasteiger partial charge in [0.1, 0.15) is 5.82 Å². The first-order chi connectivity index (χ1) is 11.6. The summed E-state index contributed by atoms with van der Waals surface area (Å²) in [5.74, 6) is 1.44. The van der Waals surface area contributed by atoms with Crippen molar-refractivity contribution in [1.29, 1.82) is 0 Å². The molecule has 0 aromatic heterocycles. The molecule has 126 valence electrons. The molecule has 2 aromatic carbocycles. The SMILES string of the molecule is COc1ccc(C(=O)N[C@H]2CCSc3ccc(F)cc32)cc1OC. The van der Waals surface area contributed by atoms with E-state index in [1.807, 2.05) is 0 Å². The molecule has 0 spiro atoms. The van der Waals surface area contributed by atoms with Gasteiger partial charge in [0.05, 0.1) is 20.3 Å². The van der Waals surface area contributed by atoms with Gasteiger partial charge in [0.15, 0.2) is 11.5 Å². The number of fused-ring (bicyclic) bond motifs is 1. The second-order valence-electron chi connectivity index (χ2n) is 5.42. The van der Waals surface area contributed by atoms with Crippen LogP contribution >= 0.6 is 11.8 Å². The number of amides is 1. The quantitative estimate of drug-likeness (QED) is 0.914. The van der Waals surface area contributed by atoms with E-state index in [1.54, 1.807) is 43.1 Å². The van der Waals surface area contributed by atoms with Crippen molar-refractivity contribution in [1.82, 2.24) is 5.32 Å². The molecule has 24 heavy (non-hydrogen) atoms. The highest BCUT2D eigenvalue weighted by atomic mass is 32.2. The van der Waals surface area contributed by atoms with E-state index in [0.717, 1.165) is 22.6 Å². The molecule has 1 aliphatic heterocycles. The van der Waals surface area contributed by atoms with Crippen LogP contribution in [0.1, 0.15) is 28.4 Å². The van der Waals surface area contributed by atoms with Crippen molar-refractivity contribution in [2.24, 2.45) is 0 Å². The Kier molecular flexibility index (Phi) is 4.94. The topological polar surface area (TPSA) is 47.6 Å². The van der Waals surface area contributed by atoms with Crippen molar-refractivity contribution in [2.75, 3.05) is 20.0 Å². The molecule has 1 N–H and O–H groups in total. The zero-order valence-electron chi connectivity index (χ0n) is 13.5. The van der Waals surface area contributed by atoms with Crippen LogP contribution in [0.3, 0.4) is 0 Å². The number of rotatable bonds is 4. The van der Waals surface area contributed by atoms with E-state index >= 15 is 0 Å². The Morgan fingerprint density at radius 1 is 1.17 bits per heavy atom. The van der Waals surface area contributed by atoms with Gasteiger partial charge in [-0.2, -0.15) is 0 Å². The monoisotopic (exact) mass is 347 g/mol. The number of thioether (sulfide) groups is 1. The number of ether oxygens (including phenoxy) is 2. The Balaban J connectivity index is 1.82. The van der Waals surface area contributed by atoms with Crippen molar-refractivity contribution in [3.63, 3.8) is 0 Å². The lowest BCUT2D eigenvalue weighted by Gasteiger charge is -2.26. The van der Waals surface area contributed by atoms with E-state index in [9.17, 15) is 9.18 Å². The molecule has 0 unspecified atom stereocenters. The van der Waals surface area contributed by atoms with Gasteiger partial charge in [0.25, 0.3) is 5.91 Å². The molecule has 4 nitrogen and oxygen atoms in total. The molecule has 0 aliphatic carbocycles. The third-order valence-electron chi connectivity index (χ3n) is 3.96. The lowest BCUT2D eigenvalue weighted by Crippen LogP contribution is -2.30. The summed E-state index contributed by atoms with van der Waals surface area (Å²) in [6, 6.07) is 9.53. The first-order valence-electron chi connectivity index (χ1n) is 7.57. The van der Waals surface area contributed by atoms with E-state index in [0.29, 0.717) is 17.1 Å². The third kappa shape index (κ3) is 3.33. The Labute approximate surface area is 144 Å². The summed E-state index contributed by atoms with van der Waals surface area (Å²) in [5.41, 5.74) is 1.31. The average Bonchev–Trinajstić information content (AvgIpc) is 2.61. The van der Waals surface area contributed by atoms with Crippen LogP contribution in [0.4, 0.5) is 4.39 Å². The fraction of sp³-hybridized carbons (Fsp3) is 0.278. The predicted octanol–water partition coefficient (Wildman–Crippen LogP) is 3.81. The third-order valence-corrected chi connectivity index (χ3v) is 5.09. The summed E-state index contributed by atoms with van der Waals surface area (Å²) in [6.07, 6.45) is 0.764. The highest BCUT2D eigenvalue weighted by Gasteiger charge is 2.23. The molecule has 2 aromatic rings. The van der Waals surface area contributed by atoms with E-state index in [-0.39, 0.29) is 17.8 Å². The Morgan fingerprint density at radius 2 is 1.96 bits per heavy atom. The summed E-state index contributed by atoms with van der Waals surface area (Å²) in [6.45, 7) is 0. The van der Waals surface area contributed by atoms with Crippen LogP contribution in [-0.2, 0) is 0 Å². The van der Waals surface area contributed by atoms with E-state index in [4.69, 9.17) is 9.47 Å². The molecule has 0 saturated heterocycles. The maximum atomic E-state index is 13.6. The van der Waals surface area contributed by atoms with Crippen molar-refractivity contribution in [3.8, 4) is 11.5 Å².